The molecule has 0 saturated carbocycles. The van der Waals surface area contributed by atoms with Crippen molar-refractivity contribution in [1.29, 1.82) is 0 Å². The monoisotopic (exact) mass is 200 g/mol. The van der Waals surface area contributed by atoms with Crippen molar-refractivity contribution >= 4 is 0 Å². The first-order chi connectivity index (χ1) is 6.83. The minimum Gasteiger partial charge on any atom is -0.378 e. The van der Waals surface area contributed by atoms with Crippen LogP contribution in [0.4, 0.5) is 0 Å². The van der Waals surface area contributed by atoms with Crippen molar-refractivity contribution in [3.63, 3.8) is 0 Å². The van der Waals surface area contributed by atoms with Gasteiger partial charge in [-0.05, 0) is 20.0 Å². The summed E-state index contributed by atoms with van der Waals surface area (Å²) in [6, 6.07) is 0.537. The van der Waals surface area contributed by atoms with E-state index in [-0.39, 0.29) is 0 Å². The van der Waals surface area contributed by atoms with Crippen LogP contribution >= 0.6 is 0 Å². The fourth-order valence-electron chi connectivity index (χ4n) is 1.84. The summed E-state index contributed by atoms with van der Waals surface area (Å²) in [4.78, 5) is 2.40. The van der Waals surface area contributed by atoms with Gasteiger partial charge in [-0.2, -0.15) is 0 Å². The molecule has 1 atom stereocenters. The Morgan fingerprint density at radius 1 is 1.43 bits per heavy atom. The SMILES string of the molecule is CCCCCN(C)CC1COCCN1. The van der Waals surface area contributed by atoms with Crippen LogP contribution in [-0.2, 0) is 4.74 Å². The molecule has 1 heterocycles. The predicted octanol–water partition coefficient (Wildman–Crippen LogP) is 1.10. The maximum atomic E-state index is 5.42. The Bertz CT molecular complexity index is 135. The first-order valence-corrected chi connectivity index (χ1v) is 5.82. The van der Waals surface area contributed by atoms with Gasteiger partial charge >= 0.3 is 0 Å². The molecule has 1 N–H and O–H groups in total. The minimum absolute atomic E-state index is 0.537. The largest absolute Gasteiger partial charge is 0.378 e. The van der Waals surface area contributed by atoms with Crippen molar-refractivity contribution < 1.29 is 4.74 Å². The summed E-state index contributed by atoms with van der Waals surface area (Å²) in [7, 11) is 2.20. The Labute approximate surface area is 87.8 Å². The molecule has 3 nitrogen and oxygen atoms in total. The highest BCUT2D eigenvalue weighted by atomic mass is 16.5. The molecule has 0 radical (unpaired) electrons. The van der Waals surface area contributed by atoms with E-state index >= 15 is 0 Å². The number of hydrogen-bond acceptors (Lipinski definition) is 3. The third-order valence-corrected chi connectivity index (χ3v) is 2.67. The molecule has 0 aromatic heterocycles. The van der Waals surface area contributed by atoms with Crippen molar-refractivity contribution in [2.75, 3.05) is 39.9 Å². The second kappa shape index (κ2) is 7.21. The number of nitrogens with zero attached hydrogens (tertiary/aromatic N) is 1. The van der Waals surface area contributed by atoms with Crippen LogP contribution in [0.1, 0.15) is 26.2 Å². The van der Waals surface area contributed by atoms with Crippen LogP contribution in [-0.4, -0.2) is 50.8 Å². The lowest BCUT2D eigenvalue weighted by Crippen LogP contribution is -2.47. The number of unbranched alkanes of at least 4 members (excludes halogenated alkanes) is 2. The molecule has 1 saturated heterocycles. The summed E-state index contributed by atoms with van der Waals surface area (Å²) >= 11 is 0. The Kier molecular flexibility index (Phi) is 6.15. The van der Waals surface area contributed by atoms with E-state index in [9.17, 15) is 0 Å². The van der Waals surface area contributed by atoms with Crippen molar-refractivity contribution in [2.45, 2.75) is 32.2 Å². The lowest BCUT2D eigenvalue weighted by Gasteiger charge is -2.28. The van der Waals surface area contributed by atoms with Gasteiger partial charge in [-0.25, -0.2) is 0 Å². The lowest BCUT2D eigenvalue weighted by atomic mass is 10.2. The molecule has 1 rings (SSSR count). The van der Waals surface area contributed by atoms with Crippen molar-refractivity contribution in [3.05, 3.63) is 0 Å². The van der Waals surface area contributed by atoms with Crippen LogP contribution in [0.15, 0.2) is 0 Å². The number of ether oxygens (including phenoxy) is 1. The Morgan fingerprint density at radius 3 is 2.93 bits per heavy atom. The molecule has 0 spiro atoms. The van der Waals surface area contributed by atoms with Crippen LogP contribution in [0, 0.1) is 0 Å². The van der Waals surface area contributed by atoms with Gasteiger partial charge in [0.25, 0.3) is 0 Å². The molecule has 0 aromatic rings. The Morgan fingerprint density at radius 2 is 2.29 bits per heavy atom. The number of likely N-dealkylation sites (N-methyl/N-ethyl adjacent to an activating group) is 1. The van der Waals surface area contributed by atoms with E-state index in [1.165, 1.54) is 25.8 Å². The maximum Gasteiger partial charge on any atom is 0.0632 e. The highest BCUT2D eigenvalue weighted by Crippen LogP contribution is 1.99. The van der Waals surface area contributed by atoms with Gasteiger partial charge in [-0.15, -0.1) is 0 Å². The second-order valence-corrected chi connectivity index (χ2v) is 4.20. The van der Waals surface area contributed by atoms with Crippen LogP contribution in [0.3, 0.4) is 0 Å². The highest BCUT2D eigenvalue weighted by molar-refractivity contribution is 4.73. The van der Waals surface area contributed by atoms with Gasteiger partial charge in [-0.3, -0.25) is 0 Å². The molecule has 14 heavy (non-hydrogen) atoms. The summed E-state index contributed by atoms with van der Waals surface area (Å²) in [5.41, 5.74) is 0. The van der Waals surface area contributed by atoms with Gasteiger partial charge < -0.3 is 15.0 Å². The summed E-state index contributed by atoms with van der Waals surface area (Å²) in [5, 5.41) is 3.47. The smallest absolute Gasteiger partial charge is 0.0632 e. The molecule has 1 aliphatic heterocycles. The van der Waals surface area contributed by atoms with Gasteiger partial charge in [0, 0.05) is 19.1 Å². The van der Waals surface area contributed by atoms with Crippen molar-refractivity contribution in [2.24, 2.45) is 0 Å². The topological polar surface area (TPSA) is 24.5 Å². The molecule has 0 amide bonds. The van der Waals surface area contributed by atoms with Gasteiger partial charge in [0.05, 0.1) is 13.2 Å². The molecule has 0 aromatic carbocycles. The molecule has 0 bridgehead atoms. The minimum atomic E-state index is 0.537. The van der Waals surface area contributed by atoms with E-state index in [1.54, 1.807) is 0 Å². The third kappa shape index (κ3) is 4.94. The van der Waals surface area contributed by atoms with Gasteiger partial charge in [0.2, 0.25) is 0 Å². The summed E-state index contributed by atoms with van der Waals surface area (Å²) in [6.45, 7) is 7.33. The molecular weight excluding hydrogens is 176 g/mol. The van der Waals surface area contributed by atoms with Gasteiger partial charge in [-0.1, -0.05) is 19.8 Å². The zero-order chi connectivity index (χ0) is 10.2. The normalized spacial score (nSPS) is 22.9. The van der Waals surface area contributed by atoms with E-state index in [2.05, 4.69) is 24.2 Å². The summed E-state index contributed by atoms with van der Waals surface area (Å²) in [5.74, 6) is 0. The zero-order valence-electron chi connectivity index (χ0n) is 9.59. The first kappa shape index (κ1) is 12.0. The second-order valence-electron chi connectivity index (χ2n) is 4.20. The average Bonchev–Trinajstić information content (AvgIpc) is 2.20. The Balaban J connectivity index is 2.03. The fourth-order valence-corrected chi connectivity index (χ4v) is 1.84. The predicted molar refractivity (Wildman–Crippen MR) is 59.6 cm³/mol. The quantitative estimate of drug-likeness (QED) is 0.650. The van der Waals surface area contributed by atoms with E-state index in [0.29, 0.717) is 6.04 Å². The Hall–Kier alpha value is -0.120. The molecule has 84 valence electrons. The number of hydrogen-bond donors (Lipinski definition) is 1. The molecular formula is C11H24N2O. The van der Waals surface area contributed by atoms with Crippen molar-refractivity contribution in [3.8, 4) is 0 Å². The number of morpholine rings is 1. The molecule has 1 aliphatic rings. The van der Waals surface area contributed by atoms with E-state index in [4.69, 9.17) is 4.74 Å². The van der Waals surface area contributed by atoms with Crippen molar-refractivity contribution in [1.82, 2.24) is 10.2 Å². The average molecular weight is 200 g/mol. The van der Waals surface area contributed by atoms with E-state index in [0.717, 1.165) is 26.3 Å². The maximum absolute atomic E-state index is 5.42. The summed E-state index contributed by atoms with van der Waals surface area (Å²) < 4.78 is 5.42. The first-order valence-electron chi connectivity index (χ1n) is 5.82. The van der Waals surface area contributed by atoms with Gasteiger partial charge in [0.15, 0.2) is 0 Å². The highest BCUT2D eigenvalue weighted by Gasteiger charge is 2.14. The standard InChI is InChI=1S/C11H24N2O/c1-3-4-5-7-13(2)9-11-10-14-8-6-12-11/h11-12H,3-10H2,1-2H3. The zero-order valence-corrected chi connectivity index (χ0v) is 9.59. The van der Waals surface area contributed by atoms with Gasteiger partial charge in [0.1, 0.15) is 0 Å². The summed E-state index contributed by atoms with van der Waals surface area (Å²) in [6.07, 6.45) is 3.97. The third-order valence-electron chi connectivity index (χ3n) is 2.67. The number of rotatable bonds is 6. The number of nitrogens with one attached hydrogen (secondary N) is 1. The van der Waals surface area contributed by atoms with Crippen LogP contribution in [0.2, 0.25) is 0 Å². The van der Waals surface area contributed by atoms with E-state index < -0.39 is 0 Å². The molecule has 0 aliphatic carbocycles. The molecule has 1 unspecified atom stereocenters. The lowest BCUT2D eigenvalue weighted by molar-refractivity contribution is 0.0651. The fraction of sp³-hybridized carbons (Fsp3) is 1.00. The molecule has 3 heteroatoms. The van der Waals surface area contributed by atoms with Crippen LogP contribution in [0.25, 0.3) is 0 Å². The van der Waals surface area contributed by atoms with Crippen LogP contribution in [0.5, 0.6) is 0 Å². The van der Waals surface area contributed by atoms with Crippen LogP contribution < -0.4 is 5.32 Å². The van der Waals surface area contributed by atoms with E-state index in [1.807, 2.05) is 0 Å². The molecule has 1 fully saturated rings.